The molecule has 0 aliphatic carbocycles. The van der Waals surface area contributed by atoms with Crippen LogP contribution in [-0.4, -0.2) is 0 Å². The number of thiophene rings is 1. The average molecular weight is 356 g/mol. The Kier molecular flexibility index (Phi) is 5.37. The van der Waals surface area contributed by atoms with E-state index in [1.165, 1.54) is 11.3 Å². The number of hydrogen-bond donors (Lipinski definition) is 2. The van der Waals surface area contributed by atoms with Gasteiger partial charge < -0.3 is 0 Å². The first-order valence-electron chi connectivity index (χ1n) is 5.36. The summed E-state index contributed by atoms with van der Waals surface area (Å²) in [6, 6.07) is 6.95. The zero-order chi connectivity index (χ0) is 14.0. The number of benzene rings is 1. The van der Waals surface area contributed by atoms with E-state index in [0.717, 1.165) is 11.1 Å². The Balaban J connectivity index is 2.29. The Hall–Kier alpha value is -0.0000000000000000555. The number of rotatable bonds is 4. The van der Waals surface area contributed by atoms with Crippen molar-refractivity contribution in [2.24, 2.45) is 5.84 Å². The number of hydrazine groups is 1. The molecule has 7 heteroatoms. The summed E-state index contributed by atoms with van der Waals surface area (Å²) in [5.74, 6) is 5.60. The summed E-state index contributed by atoms with van der Waals surface area (Å²) in [6.45, 7) is 0. The highest BCUT2D eigenvalue weighted by atomic mass is 35.5. The van der Waals surface area contributed by atoms with E-state index < -0.39 is 0 Å². The molecule has 0 radical (unpaired) electrons. The molecule has 0 aliphatic rings. The zero-order valence-corrected chi connectivity index (χ0v) is 13.4. The van der Waals surface area contributed by atoms with Gasteiger partial charge >= 0.3 is 0 Å². The monoisotopic (exact) mass is 354 g/mol. The molecule has 19 heavy (non-hydrogen) atoms. The number of nitrogens with two attached hydrogens (primary N) is 1. The minimum absolute atomic E-state index is 0.174. The summed E-state index contributed by atoms with van der Waals surface area (Å²) in [6.07, 6.45) is 0.572. The van der Waals surface area contributed by atoms with E-state index in [1.807, 2.05) is 6.07 Å². The maximum Gasteiger partial charge on any atom is 0.0992 e. The highest BCUT2D eigenvalue weighted by Gasteiger charge is 2.18. The topological polar surface area (TPSA) is 38.0 Å². The third kappa shape index (κ3) is 3.76. The average Bonchev–Trinajstić information content (AvgIpc) is 2.69. The van der Waals surface area contributed by atoms with Gasteiger partial charge in [0.1, 0.15) is 0 Å². The minimum atomic E-state index is -0.174. The van der Waals surface area contributed by atoms with Gasteiger partial charge in [-0.2, -0.15) is 0 Å². The van der Waals surface area contributed by atoms with Crippen molar-refractivity contribution < 1.29 is 0 Å². The molecule has 1 atom stereocenters. The molecule has 1 aromatic heterocycles. The molecule has 0 bridgehead atoms. The lowest BCUT2D eigenvalue weighted by Crippen LogP contribution is -2.29. The van der Waals surface area contributed by atoms with Crippen LogP contribution in [0.2, 0.25) is 18.7 Å². The molecule has 2 rings (SSSR count). The highest BCUT2D eigenvalue weighted by molar-refractivity contribution is 7.20. The highest BCUT2D eigenvalue weighted by Crippen LogP contribution is 2.36. The fourth-order valence-corrected chi connectivity index (χ4v) is 3.74. The number of hydrogen-bond acceptors (Lipinski definition) is 3. The van der Waals surface area contributed by atoms with E-state index in [1.54, 1.807) is 18.2 Å². The molecule has 1 unspecified atom stereocenters. The maximum atomic E-state index is 6.15. The first-order chi connectivity index (χ1) is 9.01. The Morgan fingerprint density at radius 3 is 2.47 bits per heavy atom. The smallest absolute Gasteiger partial charge is 0.0992 e. The Morgan fingerprint density at radius 1 is 1.16 bits per heavy atom. The normalized spacial score (nSPS) is 12.7. The summed E-state index contributed by atoms with van der Waals surface area (Å²) >= 11 is 25.5. The fraction of sp³-hybridized carbons (Fsp3) is 0.167. The van der Waals surface area contributed by atoms with Crippen LogP contribution in [0.3, 0.4) is 0 Å². The largest absolute Gasteiger partial charge is 0.271 e. The summed E-state index contributed by atoms with van der Waals surface area (Å²) < 4.78 is 1.24. The van der Waals surface area contributed by atoms with Crippen molar-refractivity contribution in [3.05, 3.63) is 54.1 Å². The van der Waals surface area contributed by atoms with Crippen LogP contribution in [0.4, 0.5) is 0 Å². The second-order valence-corrected chi connectivity index (χ2v) is 7.07. The summed E-state index contributed by atoms with van der Waals surface area (Å²) in [5, 5.41) is 1.27. The molecule has 102 valence electrons. The Labute approximate surface area is 135 Å². The van der Waals surface area contributed by atoms with Crippen LogP contribution in [0.1, 0.15) is 17.2 Å². The molecule has 1 heterocycles. The van der Waals surface area contributed by atoms with Crippen LogP contribution in [0.25, 0.3) is 0 Å². The van der Waals surface area contributed by atoms with Crippen LogP contribution in [0.5, 0.6) is 0 Å². The molecule has 2 aromatic rings. The molecule has 3 N–H and O–H groups in total. The summed E-state index contributed by atoms with van der Waals surface area (Å²) in [4.78, 5) is 0. The quantitative estimate of drug-likeness (QED) is 0.590. The van der Waals surface area contributed by atoms with E-state index in [-0.39, 0.29) is 6.04 Å². The van der Waals surface area contributed by atoms with Crippen molar-refractivity contribution >= 4 is 57.7 Å². The lowest BCUT2D eigenvalue weighted by Gasteiger charge is -2.16. The van der Waals surface area contributed by atoms with Crippen LogP contribution in [0, 0.1) is 0 Å². The lowest BCUT2D eigenvalue weighted by molar-refractivity contribution is 0.554. The molecule has 2 nitrogen and oxygen atoms in total. The van der Waals surface area contributed by atoms with E-state index in [4.69, 9.17) is 52.2 Å². The van der Waals surface area contributed by atoms with Crippen molar-refractivity contribution in [3.8, 4) is 0 Å². The van der Waals surface area contributed by atoms with E-state index >= 15 is 0 Å². The molecular weight excluding hydrogens is 346 g/mol. The van der Waals surface area contributed by atoms with Crippen molar-refractivity contribution in [3.63, 3.8) is 0 Å². The van der Waals surface area contributed by atoms with E-state index in [0.29, 0.717) is 25.1 Å². The van der Waals surface area contributed by atoms with Crippen molar-refractivity contribution in [1.82, 2.24) is 5.43 Å². The predicted octanol–water partition coefficient (Wildman–Crippen LogP) is 5.11. The molecule has 0 amide bonds. The maximum absolute atomic E-state index is 6.15. The van der Waals surface area contributed by atoms with Gasteiger partial charge in [-0.3, -0.25) is 11.3 Å². The van der Waals surface area contributed by atoms with Crippen LogP contribution in [0.15, 0.2) is 24.3 Å². The lowest BCUT2D eigenvalue weighted by atomic mass is 10.0. The Morgan fingerprint density at radius 2 is 1.89 bits per heavy atom. The molecular formula is C12H10Cl4N2S. The number of halogens is 4. The standard InChI is InChI=1S/C12H10Cl4N2S/c13-7-1-2-9(14)6(3-7)4-10(18-17)8-5-11(15)19-12(8)16/h1-3,5,10,18H,4,17H2. The SMILES string of the molecule is NNC(Cc1cc(Cl)ccc1Cl)c1cc(Cl)sc1Cl. The molecule has 0 aliphatic heterocycles. The fourth-order valence-electron chi connectivity index (χ4n) is 1.77. The van der Waals surface area contributed by atoms with Gasteiger partial charge in [0.25, 0.3) is 0 Å². The van der Waals surface area contributed by atoms with Crippen LogP contribution >= 0.6 is 57.7 Å². The molecule has 0 saturated heterocycles. The molecule has 0 spiro atoms. The van der Waals surface area contributed by atoms with E-state index in [9.17, 15) is 0 Å². The third-order valence-electron chi connectivity index (χ3n) is 2.69. The first kappa shape index (κ1) is 15.4. The van der Waals surface area contributed by atoms with Gasteiger partial charge in [-0.1, -0.05) is 46.4 Å². The van der Waals surface area contributed by atoms with E-state index in [2.05, 4.69) is 5.43 Å². The van der Waals surface area contributed by atoms with Crippen molar-refractivity contribution in [2.75, 3.05) is 0 Å². The van der Waals surface area contributed by atoms with Gasteiger partial charge in [0.15, 0.2) is 0 Å². The second-order valence-electron chi connectivity index (χ2n) is 3.94. The first-order valence-corrected chi connectivity index (χ1v) is 7.69. The predicted molar refractivity (Wildman–Crippen MR) is 84.6 cm³/mol. The van der Waals surface area contributed by atoms with Crippen molar-refractivity contribution in [2.45, 2.75) is 12.5 Å². The summed E-state index contributed by atoms with van der Waals surface area (Å²) in [5.41, 5.74) is 4.48. The molecule has 0 fully saturated rings. The van der Waals surface area contributed by atoms with Crippen LogP contribution in [-0.2, 0) is 6.42 Å². The van der Waals surface area contributed by atoms with Crippen molar-refractivity contribution in [1.29, 1.82) is 0 Å². The van der Waals surface area contributed by atoms with Gasteiger partial charge in [0.2, 0.25) is 0 Å². The molecule has 1 aromatic carbocycles. The second kappa shape index (κ2) is 6.64. The van der Waals surface area contributed by atoms with Gasteiger partial charge in [-0.05, 0) is 36.2 Å². The zero-order valence-electron chi connectivity index (χ0n) is 9.59. The minimum Gasteiger partial charge on any atom is -0.271 e. The molecule has 0 saturated carbocycles. The van der Waals surface area contributed by atoms with Gasteiger partial charge in [0.05, 0.1) is 14.7 Å². The van der Waals surface area contributed by atoms with Gasteiger partial charge in [0, 0.05) is 15.6 Å². The van der Waals surface area contributed by atoms with Crippen LogP contribution < -0.4 is 11.3 Å². The van der Waals surface area contributed by atoms with Gasteiger partial charge in [-0.25, -0.2) is 0 Å². The third-order valence-corrected chi connectivity index (χ3v) is 4.81. The van der Waals surface area contributed by atoms with Gasteiger partial charge in [-0.15, -0.1) is 11.3 Å². The number of nitrogens with one attached hydrogen (secondary N) is 1. The summed E-state index contributed by atoms with van der Waals surface area (Å²) in [7, 11) is 0. The Bertz CT molecular complexity index is 585.